The van der Waals surface area contributed by atoms with Crippen molar-refractivity contribution in [2.45, 2.75) is 51.7 Å². The summed E-state index contributed by atoms with van der Waals surface area (Å²) in [5.74, 6) is 0.0213. The van der Waals surface area contributed by atoms with Crippen LogP contribution in [0.3, 0.4) is 0 Å². The lowest BCUT2D eigenvalue weighted by atomic mass is 9.96. The van der Waals surface area contributed by atoms with Gasteiger partial charge >= 0.3 is 0 Å². The van der Waals surface area contributed by atoms with Gasteiger partial charge in [0.25, 0.3) is 5.91 Å². The minimum absolute atomic E-state index is 0.123. The minimum Gasteiger partial charge on any atom is -0.382 e. The molecule has 1 aliphatic rings. The standard InChI is InChI=1S/C22H25FN2O2/c1-4-14(2)16-5-7-17(8-6-16)15(3)24-22(26)21-13-20(25-27-21)18-9-11-19(23)12-10-18/h5-12,14-15,21H,4,13H2,1-3H3,(H,24,26). The van der Waals surface area contributed by atoms with E-state index in [1.165, 1.54) is 17.7 Å². The Hall–Kier alpha value is -2.69. The van der Waals surface area contributed by atoms with Gasteiger partial charge in [-0.3, -0.25) is 4.79 Å². The summed E-state index contributed by atoms with van der Waals surface area (Å²) in [5, 5.41) is 6.98. The molecule has 27 heavy (non-hydrogen) atoms. The SMILES string of the molecule is CCC(C)c1ccc(C(C)NC(=O)C2CC(c3ccc(F)cc3)=NO2)cc1. The topological polar surface area (TPSA) is 50.7 Å². The Morgan fingerprint density at radius 2 is 1.78 bits per heavy atom. The summed E-state index contributed by atoms with van der Waals surface area (Å²) in [6, 6.07) is 14.2. The molecule has 3 rings (SSSR count). The molecule has 0 fully saturated rings. The maximum absolute atomic E-state index is 13.0. The molecule has 0 saturated heterocycles. The number of nitrogens with zero attached hydrogens (tertiary/aromatic N) is 1. The van der Waals surface area contributed by atoms with E-state index in [9.17, 15) is 9.18 Å². The van der Waals surface area contributed by atoms with Crippen molar-refractivity contribution in [3.63, 3.8) is 0 Å². The van der Waals surface area contributed by atoms with Crippen LogP contribution in [-0.4, -0.2) is 17.7 Å². The van der Waals surface area contributed by atoms with Gasteiger partial charge in [0, 0.05) is 6.42 Å². The lowest BCUT2D eigenvalue weighted by molar-refractivity contribution is -0.131. The average molecular weight is 368 g/mol. The zero-order valence-corrected chi connectivity index (χ0v) is 15.9. The number of amides is 1. The molecule has 0 saturated carbocycles. The first kappa shape index (κ1) is 19.1. The Bertz CT molecular complexity index is 815. The summed E-state index contributed by atoms with van der Waals surface area (Å²) in [4.78, 5) is 17.8. The molecule has 1 aliphatic heterocycles. The van der Waals surface area contributed by atoms with E-state index in [2.05, 4.69) is 48.6 Å². The Balaban J connectivity index is 1.57. The van der Waals surface area contributed by atoms with E-state index >= 15 is 0 Å². The van der Waals surface area contributed by atoms with Gasteiger partial charge in [0.05, 0.1) is 11.8 Å². The van der Waals surface area contributed by atoms with Gasteiger partial charge in [0.15, 0.2) is 0 Å². The maximum Gasteiger partial charge on any atom is 0.264 e. The summed E-state index contributed by atoms with van der Waals surface area (Å²) < 4.78 is 13.0. The van der Waals surface area contributed by atoms with Crippen molar-refractivity contribution in [1.29, 1.82) is 0 Å². The van der Waals surface area contributed by atoms with E-state index in [4.69, 9.17) is 4.84 Å². The normalized spacial score (nSPS) is 18.4. The Morgan fingerprint density at radius 1 is 1.15 bits per heavy atom. The van der Waals surface area contributed by atoms with Crippen LogP contribution in [0.5, 0.6) is 0 Å². The van der Waals surface area contributed by atoms with Crippen LogP contribution < -0.4 is 5.32 Å². The highest BCUT2D eigenvalue weighted by Crippen LogP contribution is 2.22. The molecular weight excluding hydrogens is 343 g/mol. The van der Waals surface area contributed by atoms with Gasteiger partial charge in [-0.2, -0.15) is 0 Å². The molecule has 0 aliphatic carbocycles. The fourth-order valence-electron chi connectivity index (χ4n) is 3.07. The van der Waals surface area contributed by atoms with E-state index < -0.39 is 6.10 Å². The molecule has 0 aromatic heterocycles. The first-order valence-corrected chi connectivity index (χ1v) is 9.36. The first-order chi connectivity index (χ1) is 13.0. The molecule has 4 nitrogen and oxygen atoms in total. The predicted molar refractivity (Wildman–Crippen MR) is 104 cm³/mol. The third-order valence-corrected chi connectivity index (χ3v) is 5.12. The second-order valence-electron chi connectivity index (χ2n) is 7.05. The van der Waals surface area contributed by atoms with Crippen molar-refractivity contribution < 1.29 is 14.0 Å². The van der Waals surface area contributed by atoms with Crippen LogP contribution in [0.2, 0.25) is 0 Å². The van der Waals surface area contributed by atoms with Crippen LogP contribution in [0.4, 0.5) is 4.39 Å². The highest BCUT2D eigenvalue weighted by molar-refractivity contribution is 6.04. The number of halogens is 1. The van der Waals surface area contributed by atoms with Crippen LogP contribution in [0.1, 0.15) is 62.3 Å². The quantitative estimate of drug-likeness (QED) is 0.803. The molecule has 0 bridgehead atoms. The summed E-state index contributed by atoms with van der Waals surface area (Å²) in [6.45, 7) is 6.33. The number of rotatable bonds is 6. The van der Waals surface area contributed by atoms with E-state index in [0.29, 0.717) is 18.1 Å². The van der Waals surface area contributed by atoms with Crippen LogP contribution in [-0.2, 0) is 9.63 Å². The monoisotopic (exact) mass is 368 g/mol. The van der Waals surface area contributed by atoms with Crippen LogP contribution >= 0.6 is 0 Å². The summed E-state index contributed by atoms with van der Waals surface area (Å²) in [7, 11) is 0. The summed E-state index contributed by atoms with van der Waals surface area (Å²) in [5.41, 5.74) is 3.77. The van der Waals surface area contributed by atoms with Gasteiger partial charge in [0.1, 0.15) is 5.82 Å². The zero-order chi connectivity index (χ0) is 19.4. The smallest absolute Gasteiger partial charge is 0.264 e. The van der Waals surface area contributed by atoms with Gasteiger partial charge in [-0.15, -0.1) is 0 Å². The Kier molecular flexibility index (Phi) is 5.89. The Morgan fingerprint density at radius 3 is 2.41 bits per heavy atom. The van der Waals surface area contributed by atoms with E-state index in [1.54, 1.807) is 12.1 Å². The minimum atomic E-state index is -0.660. The van der Waals surface area contributed by atoms with Crippen molar-refractivity contribution in [3.05, 3.63) is 71.0 Å². The fraction of sp³-hybridized carbons (Fsp3) is 0.364. The molecule has 1 heterocycles. The predicted octanol–water partition coefficient (Wildman–Crippen LogP) is 4.71. The van der Waals surface area contributed by atoms with Crippen molar-refractivity contribution in [1.82, 2.24) is 5.32 Å². The van der Waals surface area contributed by atoms with Gasteiger partial charge in [-0.25, -0.2) is 4.39 Å². The van der Waals surface area contributed by atoms with E-state index in [-0.39, 0.29) is 17.8 Å². The number of benzene rings is 2. The summed E-state index contributed by atoms with van der Waals surface area (Å²) in [6.07, 6.45) is 0.810. The number of nitrogens with one attached hydrogen (secondary N) is 1. The first-order valence-electron chi connectivity index (χ1n) is 9.36. The van der Waals surface area contributed by atoms with Crippen molar-refractivity contribution in [3.8, 4) is 0 Å². The zero-order valence-electron chi connectivity index (χ0n) is 15.9. The third kappa shape index (κ3) is 4.54. The van der Waals surface area contributed by atoms with Crippen molar-refractivity contribution in [2.75, 3.05) is 0 Å². The number of hydrogen-bond donors (Lipinski definition) is 1. The molecule has 1 amide bonds. The molecule has 0 radical (unpaired) electrons. The maximum atomic E-state index is 13.0. The van der Waals surface area contributed by atoms with E-state index in [0.717, 1.165) is 17.5 Å². The second kappa shape index (κ2) is 8.33. The van der Waals surface area contributed by atoms with Crippen LogP contribution in [0, 0.1) is 5.82 Å². The summed E-state index contributed by atoms with van der Waals surface area (Å²) >= 11 is 0. The van der Waals surface area contributed by atoms with Gasteiger partial charge in [0.2, 0.25) is 6.10 Å². The van der Waals surface area contributed by atoms with Gasteiger partial charge in [-0.1, -0.05) is 55.4 Å². The molecule has 142 valence electrons. The van der Waals surface area contributed by atoms with Gasteiger partial charge < -0.3 is 10.2 Å². The molecule has 5 heteroatoms. The molecule has 1 N–H and O–H groups in total. The Labute approximate surface area is 159 Å². The highest BCUT2D eigenvalue weighted by atomic mass is 19.1. The van der Waals surface area contributed by atoms with Crippen LogP contribution in [0.25, 0.3) is 0 Å². The van der Waals surface area contributed by atoms with Crippen LogP contribution in [0.15, 0.2) is 53.7 Å². The number of carbonyl (C=O) groups is 1. The lowest BCUT2D eigenvalue weighted by Crippen LogP contribution is -2.36. The van der Waals surface area contributed by atoms with Gasteiger partial charge in [-0.05, 0) is 48.1 Å². The van der Waals surface area contributed by atoms with Crippen molar-refractivity contribution >= 4 is 11.6 Å². The lowest BCUT2D eigenvalue weighted by Gasteiger charge is -2.17. The molecule has 2 aromatic carbocycles. The average Bonchev–Trinajstić information content (AvgIpc) is 3.18. The van der Waals surface area contributed by atoms with E-state index in [1.807, 2.05) is 6.92 Å². The number of oxime groups is 1. The fourth-order valence-corrected chi connectivity index (χ4v) is 3.07. The molecule has 3 unspecified atom stereocenters. The molecule has 2 aromatic rings. The second-order valence-corrected chi connectivity index (χ2v) is 7.05. The van der Waals surface area contributed by atoms with Crippen molar-refractivity contribution in [2.24, 2.45) is 5.16 Å². The largest absolute Gasteiger partial charge is 0.382 e. The number of carbonyl (C=O) groups excluding carboxylic acids is 1. The third-order valence-electron chi connectivity index (χ3n) is 5.12. The molecule has 3 atom stereocenters. The molecule has 0 spiro atoms. The highest BCUT2D eigenvalue weighted by Gasteiger charge is 2.29. The molecular formula is C22H25FN2O2. The number of hydrogen-bond acceptors (Lipinski definition) is 3.